The fourth-order valence-corrected chi connectivity index (χ4v) is 3.74. The maximum absolute atomic E-state index is 12.1. The fourth-order valence-electron chi connectivity index (χ4n) is 3.44. The maximum Gasteiger partial charge on any atom is 0.287 e. The van der Waals surface area contributed by atoms with Gasteiger partial charge < -0.3 is 15.1 Å². The Bertz CT molecular complexity index is 821. The van der Waals surface area contributed by atoms with E-state index in [1.165, 1.54) is 24.8 Å². The molecule has 1 aliphatic rings. The standard InChI is InChI=1S/C21H26BrN3O3/c1-15-6-4-5-11-25(15)14-17-8-3-2-7-16(17)12-23-20(26)13-24-21(27)18-9-10-19(22)28-18/h2-3,7-10,15H,4-6,11-14H2,1H3,(H,23,26)(H,24,27). The first-order valence-electron chi connectivity index (χ1n) is 9.64. The second kappa shape index (κ2) is 9.89. The molecule has 1 fully saturated rings. The zero-order valence-electron chi connectivity index (χ0n) is 16.0. The average Bonchev–Trinajstić information content (AvgIpc) is 3.13. The Morgan fingerprint density at radius 1 is 1.14 bits per heavy atom. The molecule has 1 atom stereocenters. The third-order valence-corrected chi connectivity index (χ3v) is 5.54. The highest BCUT2D eigenvalue weighted by molar-refractivity contribution is 9.10. The molecule has 0 radical (unpaired) electrons. The quantitative estimate of drug-likeness (QED) is 0.681. The number of likely N-dealkylation sites (tertiary alicyclic amines) is 1. The van der Waals surface area contributed by atoms with Gasteiger partial charge in [0.25, 0.3) is 5.91 Å². The zero-order valence-corrected chi connectivity index (χ0v) is 17.6. The molecule has 2 amide bonds. The summed E-state index contributed by atoms with van der Waals surface area (Å²) in [7, 11) is 0. The maximum atomic E-state index is 12.1. The van der Waals surface area contributed by atoms with Gasteiger partial charge in [0.1, 0.15) is 0 Å². The van der Waals surface area contributed by atoms with E-state index >= 15 is 0 Å². The first-order chi connectivity index (χ1) is 13.5. The van der Waals surface area contributed by atoms with Crippen molar-refractivity contribution in [2.75, 3.05) is 13.1 Å². The highest BCUT2D eigenvalue weighted by Crippen LogP contribution is 2.20. The van der Waals surface area contributed by atoms with Gasteiger partial charge in [-0.15, -0.1) is 0 Å². The number of carbonyl (C=O) groups excluding carboxylic acids is 2. The summed E-state index contributed by atoms with van der Waals surface area (Å²) in [6.45, 7) is 4.65. The summed E-state index contributed by atoms with van der Waals surface area (Å²) in [4.78, 5) is 26.6. The minimum Gasteiger partial charge on any atom is -0.444 e. The molecule has 1 saturated heterocycles. The molecule has 1 aliphatic heterocycles. The summed E-state index contributed by atoms with van der Waals surface area (Å²) in [5, 5.41) is 5.45. The molecule has 0 aliphatic carbocycles. The molecule has 2 heterocycles. The molecule has 3 rings (SSSR count). The first-order valence-corrected chi connectivity index (χ1v) is 10.4. The third-order valence-electron chi connectivity index (χ3n) is 5.11. The Morgan fingerprint density at radius 2 is 1.93 bits per heavy atom. The predicted octanol–water partition coefficient (Wildman–Crippen LogP) is 3.46. The normalized spacial score (nSPS) is 17.3. The van der Waals surface area contributed by atoms with Crippen molar-refractivity contribution in [2.45, 2.75) is 45.3 Å². The third kappa shape index (κ3) is 5.69. The lowest BCUT2D eigenvalue weighted by atomic mass is 10.0. The van der Waals surface area contributed by atoms with E-state index < -0.39 is 5.91 Å². The molecular weight excluding hydrogens is 422 g/mol. The van der Waals surface area contributed by atoms with Crippen LogP contribution in [0.25, 0.3) is 0 Å². The number of hydrogen-bond donors (Lipinski definition) is 2. The smallest absolute Gasteiger partial charge is 0.287 e. The van der Waals surface area contributed by atoms with Crippen LogP contribution in [0.15, 0.2) is 45.5 Å². The van der Waals surface area contributed by atoms with Crippen molar-refractivity contribution >= 4 is 27.7 Å². The molecule has 28 heavy (non-hydrogen) atoms. The van der Waals surface area contributed by atoms with Gasteiger partial charge in [0.15, 0.2) is 10.4 Å². The number of benzene rings is 1. The Labute approximate surface area is 173 Å². The Kier molecular flexibility index (Phi) is 7.28. The molecule has 0 spiro atoms. The summed E-state index contributed by atoms with van der Waals surface area (Å²) in [5.74, 6) is -0.485. The van der Waals surface area contributed by atoms with Crippen molar-refractivity contribution in [2.24, 2.45) is 0 Å². The number of piperidine rings is 1. The monoisotopic (exact) mass is 447 g/mol. The molecule has 1 aromatic heterocycles. The van der Waals surface area contributed by atoms with Gasteiger partial charge in [-0.2, -0.15) is 0 Å². The molecule has 6 nitrogen and oxygen atoms in total. The molecule has 1 aromatic carbocycles. The Morgan fingerprint density at radius 3 is 2.64 bits per heavy atom. The van der Waals surface area contributed by atoms with E-state index in [2.05, 4.69) is 44.5 Å². The number of carbonyl (C=O) groups is 2. The first kappa shape index (κ1) is 20.6. The van der Waals surface area contributed by atoms with Crippen molar-refractivity contribution in [3.63, 3.8) is 0 Å². The lowest BCUT2D eigenvalue weighted by Crippen LogP contribution is -2.38. The lowest BCUT2D eigenvalue weighted by molar-refractivity contribution is -0.120. The van der Waals surface area contributed by atoms with Crippen LogP contribution in [-0.2, 0) is 17.9 Å². The summed E-state index contributed by atoms with van der Waals surface area (Å²) in [5.41, 5.74) is 2.34. The summed E-state index contributed by atoms with van der Waals surface area (Å²) < 4.78 is 5.65. The average molecular weight is 448 g/mol. The lowest BCUT2D eigenvalue weighted by Gasteiger charge is -2.33. The van der Waals surface area contributed by atoms with E-state index in [1.54, 1.807) is 12.1 Å². The number of nitrogens with zero attached hydrogens (tertiary/aromatic N) is 1. The minimum absolute atomic E-state index is 0.0948. The van der Waals surface area contributed by atoms with Gasteiger partial charge in [0.2, 0.25) is 5.91 Å². The molecule has 0 saturated carbocycles. The summed E-state index contributed by atoms with van der Waals surface area (Å²) in [6, 6.07) is 12.0. The van der Waals surface area contributed by atoms with E-state index in [1.807, 2.05) is 18.2 Å². The van der Waals surface area contributed by atoms with Crippen LogP contribution in [0.2, 0.25) is 0 Å². The number of nitrogens with one attached hydrogen (secondary N) is 2. The van der Waals surface area contributed by atoms with Gasteiger partial charge in [-0.25, -0.2) is 0 Å². The van der Waals surface area contributed by atoms with Gasteiger partial charge >= 0.3 is 0 Å². The fraction of sp³-hybridized carbons (Fsp3) is 0.429. The number of hydrogen-bond acceptors (Lipinski definition) is 4. The summed E-state index contributed by atoms with van der Waals surface area (Å²) >= 11 is 3.15. The number of furan rings is 1. The second-order valence-corrected chi connectivity index (χ2v) is 7.93. The zero-order chi connectivity index (χ0) is 19.9. The minimum atomic E-state index is -0.416. The van der Waals surface area contributed by atoms with E-state index in [0.717, 1.165) is 18.7 Å². The van der Waals surface area contributed by atoms with Crippen molar-refractivity contribution < 1.29 is 14.0 Å². The van der Waals surface area contributed by atoms with Gasteiger partial charge in [0, 0.05) is 19.1 Å². The van der Waals surface area contributed by atoms with Crippen molar-refractivity contribution in [3.8, 4) is 0 Å². The van der Waals surface area contributed by atoms with E-state index in [-0.39, 0.29) is 18.2 Å². The van der Waals surface area contributed by atoms with Crippen molar-refractivity contribution in [1.29, 1.82) is 0 Å². The molecule has 2 aromatic rings. The van der Waals surface area contributed by atoms with Gasteiger partial charge in [0.05, 0.1) is 6.54 Å². The van der Waals surface area contributed by atoms with Crippen LogP contribution in [0.5, 0.6) is 0 Å². The topological polar surface area (TPSA) is 74.6 Å². The van der Waals surface area contributed by atoms with Crippen LogP contribution in [-0.4, -0.2) is 35.8 Å². The van der Waals surface area contributed by atoms with E-state index in [0.29, 0.717) is 17.3 Å². The highest BCUT2D eigenvalue weighted by atomic mass is 79.9. The number of rotatable bonds is 7. The number of halogens is 1. The van der Waals surface area contributed by atoms with Gasteiger partial charge in [-0.3, -0.25) is 14.5 Å². The van der Waals surface area contributed by atoms with Crippen LogP contribution in [0.3, 0.4) is 0 Å². The van der Waals surface area contributed by atoms with Crippen LogP contribution in [0, 0.1) is 0 Å². The second-order valence-electron chi connectivity index (χ2n) is 7.15. The largest absolute Gasteiger partial charge is 0.444 e. The van der Waals surface area contributed by atoms with E-state index in [4.69, 9.17) is 4.42 Å². The molecule has 1 unspecified atom stereocenters. The summed E-state index contributed by atoms with van der Waals surface area (Å²) in [6.07, 6.45) is 3.79. The highest BCUT2D eigenvalue weighted by Gasteiger charge is 2.19. The SMILES string of the molecule is CC1CCCCN1Cc1ccccc1CNC(=O)CNC(=O)c1ccc(Br)o1. The van der Waals surface area contributed by atoms with Crippen molar-refractivity contribution in [1.82, 2.24) is 15.5 Å². The molecule has 0 bridgehead atoms. The molecule has 150 valence electrons. The molecule has 2 N–H and O–H groups in total. The molecular formula is C21H26BrN3O3. The van der Waals surface area contributed by atoms with Crippen LogP contribution < -0.4 is 10.6 Å². The van der Waals surface area contributed by atoms with Gasteiger partial charge in [-0.1, -0.05) is 30.7 Å². The van der Waals surface area contributed by atoms with Gasteiger partial charge in [-0.05, 0) is 65.5 Å². The predicted molar refractivity (Wildman–Crippen MR) is 111 cm³/mol. The number of amides is 2. The molecule has 7 heteroatoms. The Hall–Kier alpha value is -2.12. The van der Waals surface area contributed by atoms with Crippen molar-refractivity contribution in [3.05, 3.63) is 58.0 Å². The Balaban J connectivity index is 1.50. The van der Waals surface area contributed by atoms with Crippen LogP contribution in [0.1, 0.15) is 47.9 Å². The van der Waals surface area contributed by atoms with E-state index in [9.17, 15) is 9.59 Å². The van der Waals surface area contributed by atoms with Crippen LogP contribution >= 0.6 is 15.9 Å². The van der Waals surface area contributed by atoms with Crippen LogP contribution in [0.4, 0.5) is 0 Å².